The highest BCUT2D eigenvalue weighted by atomic mass is 19.4. The van der Waals surface area contributed by atoms with Gasteiger partial charge in [0.1, 0.15) is 6.04 Å². The molecule has 0 heterocycles. The largest absolute Gasteiger partial charge is 0.409 e. The summed E-state index contributed by atoms with van der Waals surface area (Å²) in [7, 11) is 1.40. The van der Waals surface area contributed by atoms with E-state index in [9.17, 15) is 13.2 Å². The number of benzene rings is 1. The van der Waals surface area contributed by atoms with Crippen LogP contribution in [-0.2, 0) is 0 Å². The topological polar surface area (TPSA) is 29.3 Å². The van der Waals surface area contributed by atoms with E-state index in [1.54, 1.807) is 18.2 Å². The van der Waals surface area contributed by atoms with Crippen molar-refractivity contribution in [2.24, 2.45) is 5.73 Å². The lowest BCUT2D eigenvalue weighted by Crippen LogP contribution is -2.48. The van der Waals surface area contributed by atoms with Crippen LogP contribution in [-0.4, -0.2) is 25.8 Å². The van der Waals surface area contributed by atoms with E-state index in [0.29, 0.717) is 5.69 Å². The molecular weight excluding hydrogens is 217 g/mol. The molecule has 5 heteroatoms. The number of nitrogens with two attached hydrogens (primary N) is 1. The number of alkyl halides is 3. The van der Waals surface area contributed by atoms with Gasteiger partial charge in [-0.3, -0.25) is 0 Å². The molecule has 0 aliphatic carbocycles. The van der Waals surface area contributed by atoms with Crippen molar-refractivity contribution < 1.29 is 13.2 Å². The Labute approximate surface area is 92.9 Å². The zero-order valence-electron chi connectivity index (χ0n) is 9.25. The maximum Gasteiger partial charge on any atom is 0.409 e. The number of hydrogen-bond donors (Lipinski definition) is 1. The highest BCUT2D eigenvalue weighted by Gasteiger charge is 2.41. The summed E-state index contributed by atoms with van der Waals surface area (Å²) in [4.78, 5) is 1.16. The van der Waals surface area contributed by atoms with Gasteiger partial charge in [0.05, 0.1) is 0 Å². The fourth-order valence-electron chi connectivity index (χ4n) is 1.54. The van der Waals surface area contributed by atoms with Crippen molar-refractivity contribution in [1.29, 1.82) is 0 Å². The van der Waals surface area contributed by atoms with Crippen LogP contribution in [0, 0.1) is 6.92 Å². The first-order chi connectivity index (χ1) is 7.36. The molecule has 0 amide bonds. The summed E-state index contributed by atoms with van der Waals surface area (Å²) in [6.45, 7) is 1.39. The van der Waals surface area contributed by atoms with E-state index in [-0.39, 0.29) is 0 Å². The molecule has 1 rings (SSSR count). The molecule has 0 radical (unpaired) electrons. The van der Waals surface area contributed by atoms with Gasteiger partial charge in [0.2, 0.25) is 0 Å². The SMILES string of the molecule is Cc1cccc(N(C)C(CN)C(F)(F)F)c1. The van der Waals surface area contributed by atoms with Crippen LogP contribution in [0.3, 0.4) is 0 Å². The van der Waals surface area contributed by atoms with Crippen LogP contribution in [0.4, 0.5) is 18.9 Å². The molecule has 0 saturated carbocycles. The zero-order chi connectivity index (χ0) is 12.3. The molecule has 0 spiro atoms. The molecule has 2 N–H and O–H groups in total. The van der Waals surface area contributed by atoms with Crippen molar-refractivity contribution in [3.8, 4) is 0 Å². The average molecular weight is 232 g/mol. The van der Waals surface area contributed by atoms with Crippen LogP contribution in [0.25, 0.3) is 0 Å². The fourth-order valence-corrected chi connectivity index (χ4v) is 1.54. The molecule has 0 fully saturated rings. The maximum absolute atomic E-state index is 12.6. The number of aryl methyl sites for hydroxylation is 1. The summed E-state index contributed by atoms with van der Waals surface area (Å²) in [6, 6.07) is 5.26. The molecule has 2 nitrogen and oxygen atoms in total. The number of halogens is 3. The third kappa shape index (κ3) is 2.88. The smallest absolute Gasteiger partial charge is 0.362 e. The first kappa shape index (κ1) is 12.8. The molecule has 90 valence electrons. The van der Waals surface area contributed by atoms with Gasteiger partial charge in [-0.1, -0.05) is 12.1 Å². The summed E-state index contributed by atoms with van der Waals surface area (Å²) in [6.07, 6.45) is -4.31. The van der Waals surface area contributed by atoms with Crippen LogP contribution in [0.5, 0.6) is 0 Å². The number of likely N-dealkylation sites (N-methyl/N-ethyl adjacent to an activating group) is 1. The zero-order valence-corrected chi connectivity index (χ0v) is 9.25. The summed E-state index contributed by atoms with van der Waals surface area (Å²) < 4.78 is 37.9. The predicted octanol–water partition coefficient (Wildman–Crippen LogP) is 2.32. The second kappa shape index (κ2) is 4.74. The normalized spacial score (nSPS) is 13.6. The second-order valence-corrected chi connectivity index (χ2v) is 3.74. The Morgan fingerprint density at radius 2 is 2.00 bits per heavy atom. The van der Waals surface area contributed by atoms with Gasteiger partial charge in [-0.25, -0.2) is 0 Å². The monoisotopic (exact) mass is 232 g/mol. The second-order valence-electron chi connectivity index (χ2n) is 3.74. The summed E-state index contributed by atoms with van der Waals surface area (Å²) in [5.74, 6) is 0. The van der Waals surface area contributed by atoms with E-state index < -0.39 is 18.8 Å². The molecule has 1 aromatic carbocycles. The molecule has 1 atom stereocenters. The summed E-state index contributed by atoms with van der Waals surface area (Å²) in [5.41, 5.74) is 6.61. The molecular formula is C11H15F3N2. The Bertz CT molecular complexity index is 349. The number of rotatable bonds is 3. The molecule has 1 unspecified atom stereocenters. The molecule has 0 saturated heterocycles. The first-order valence-electron chi connectivity index (χ1n) is 4.92. The molecule has 16 heavy (non-hydrogen) atoms. The van der Waals surface area contributed by atoms with Crippen LogP contribution in [0.1, 0.15) is 5.56 Å². The summed E-state index contributed by atoms with van der Waals surface area (Å²) in [5, 5.41) is 0. The van der Waals surface area contributed by atoms with Crippen molar-refractivity contribution in [2.45, 2.75) is 19.1 Å². The molecule has 1 aromatic rings. The van der Waals surface area contributed by atoms with Crippen molar-refractivity contribution in [1.82, 2.24) is 0 Å². The number of anilines is 1. The van der Waals surface area contributed by atoms with E-state index in [0.717, 1.165) is 10.5 Å². The van der Waals surface area contributed by atoms with Crippen molar-refractivity contribution in [3.63, 3.8) is 0 Å². The fraction of sp³-hybridized carbons (Fsp3) is 0.455. The number of nitrogens with zero attached hydrogens (tertiary/aromatic N) is 1. The van der Waals surface area contributed by atoms with Gasteiger partial charge < -0.3 is 10.6 Å². The lowest BCUT2D eigenvalue weighted by Gasteiger charge is -2.30. The Balaban J connectivity index is 2.96. The Morgan fingerprint density at radius 3 is 2.44 bits per heavy atom. The lowest BCUT2D eigenvalue weighted by molar-refractivity contribution is -0.145. The van der Waals surface area contributed by atoms with Gasteiger partial charge in [-0.05, 0) is 24.6 Å². The van der Waals surface area contributed by atoms with Crippen LogP contribution in [0.2, 0.25) is 0 Å². The van der Waals surface area contributed by atoms with Gasteiger partial charge in [0, 0.05) is 19.3 Å². The van der Waals surface area contributed by atoms with Gasteiger partial charge >= 0.3 is 6.18 Å². The van der Waals surface area contributed by atoms with E-state index in [1.165, 1.54) is 7.05 Å². The van der Waals surface area contributed by atoms with Crippen LogP contribution >= 0.6 is 0 Å². The minimum Gasteiger partial charge on any atom is -0.362 e. The van der Waals surface area contributed by atoms with E-state index >= 15 is 0 Å². The van der Waals surface area contributed by atoms with Crippen molar-refractivity contribution >= 4 is 5.69 Å². The standard InChI is InChI=1S/C11H15F3N2/c1-8-4-3-5-9(6-8)16(2)10(7-15)11(12,13)14/h3-6,10H,7,15H2,1-2H3. The Kier molecular flexibility index (Phi) is 3.80. The third-order valence-corrected chi connectivity index (χ3v) is 2.48. The van der Waals surface area contributed by atoms with Gasteiger partial charge in [0.15, 0.2) is 0 Å². The molecule has 0 aliphatic heterocycles. The van der Waals surface area contributed by atoms with Gasteiger partial charge in [-0.15, -0.1) is 0 Å². The van der Waals surface area contributed by atoms with Crippen LogP contribution in [0.15, 0.2) is 24.3 Å². The van der Waals surface area contributed by atoms with E-state index in [1.807, 2.05) is 13.0 Å². The van der Waals surface area contributed by atoms with E-state index in [2.05, 4.69) is 0 Å². The molecule has 0 bridgehead atoms. The maximum atomic E-state index is 12.6. The van der Waals surface area contributed by atoms with Gasteiger partial charge in [-0.2, -0.15) is 13.2 Å². The Morgan fingerprint density at radius 1 is 1.38 bits per heavy atom. The lowest BCUT2D eigenvalue weighted by atomic mass is 10.1. The summed E-state index contributed by atoms with van der Waals surface area (Å²) >= 11 is 0. The average Bonchev–Trinajstić information content (AvgIpc) is 2.16. The minimum absolute atomic E-state index is 0.450. The predicted molar refractivity (Wildman–Crippen MR) is 58.5 cm³/mol. The third-order valence-electron chi connectivity index (χ3n) is 2.48. The van der Waals surface area contributed by atoms with Gasteiger partial charge in [0.25, 0.3) is 0 Å². The van der Waals surface area contributed by atoms with Crippen LogP contribution < -0.4 is 10.6 Å². The number of hydrogen-bond acceptors (Lipinski definition) is 2. The highest BCUT2D eigenvalue weighted by molar-refractivity contribution is 5.49. The molecule has 0 aromatic heterocycles. The first-order valence-corrected chi connectivity index (χ1v) is 4.92. The Hall–Kier alpha value is -1.23. The minimum atomic E-state index is -4.31. The van der Waals surface area contributed by atoms with Crippen molar-refractivity contribution in [3.05, 3.63) is 29.8 Å². The van der Waals surface area contributed by atoms with Crippen molar-refractivity contribution in [2.75, 3.05) is 18.5 Å². The molecule has 0 aliphatic rings. The van der Waals surface area contributed by atoms with E-state index in [4.69, 9.17) is 5.73 Å². The highest BCUT2D eigenvalue weighted by Crippen LogP contribution is 2.27. The quantitative estimate of drug-likeness (QED) is 0.866.